The van der Waals surface area contributed by atoms with E-state index in [9.17, 15) is 24.0 Å². The highest BCUT2D eigenvalue weighted by atomic mass is 16.4. The topological polar surface area (TPSA) is 176 Å². The molecule has 1 atom stereocenters. The molecule has 11 heteroatoms. The number of primary amides is 1. The Morgan fingerprint density at radius 2 is 1.80 bits per heavy atom. The molecule has 1 aromatic carbocycles. The van der Waals surface area contributed by atoms with Crippen molar-refractivity contribution in [3.8, 4) is 0 Å². The Labute approximate surface area is 173 Å². The molecule has 1 heterocycles. The molecular weight excluding hydrogens is 394 g/mol. The number of amides is 4. The van der Waals surface area contributed by atoms with Crippen LogP contribution >= 0.6 is 0 Å². The molecular formula is C19H25N5O6. The van der Waals surface area contributed by atoms with Gasteiger partial charge in [-0.05, 0) is 30.7 Å². The summed E-state index contributed by atoms with van der Waals surface area (Å²) in [6.07, 6.45) is 0.251. The molecule has 11 nitrogen and oxygen atoms in total. The normalized spacial score (nSPS) is 16.3. The van der Waals surface area contributed by atoms with Crippen molar-refractivity contribution in [1.82, 2.24) is 15.1 Å². The summed E-state index contributed by atoms with van der Waals surface area (Å²) >= 11 is 0. The number of nitrogens with one attached hydrogen (secondary N) is 1. The van der Waals surface area contributed by atoms with E-state index in [0.717, 1.165) is 15.4 Å². The standard InChI is InChI=1S/C19H25N5O6/c20-6-5-12-1-3-13(4-2-12)18(29)22-10-16(26)24-8-7-23(11-17(27)28)19(30)14(24)9-15(21)25/h1-4,14H,5-11,20H2,(H2,21,25)(H,22,29)(H,27,28). The summed E-state index contributed by atoms with van der Waals surface area (Å²) in [6.45, 7) is -0.398. The minimum atomic E-state index is -1.20. The van der Waals surface area contributed by atoms with Crippen LogP contribution in [0.1, 0.15) is 22.3 Å². The lowest BCUT2D eigenvalue weighted by Crippen LogP contribution is -2.61. The molecule has 1 aliphatic rings. The lowest BCUT2D eigenvalue weighted by atomic mass is 10.1. The molecule has 1 saturated heterocycles. The Balaban J connectivity index is 2.01. The van der Waals surface area contributed by atoms with Gasteiger partial charge in [-0.2, -0.15) is 0 Å². The molecule has 4 amide bonds. The average molecular weight is 419 g/mol. The van der Waals surface area contributed by atoms with Crippen molar-refractivity contribution in [1.29, 1.82) is 0 Å². The summed E-state index contributed by atoms with van der Waals surface area (Å²) in [6, 6.07) is 5.58. The Morgan fingerprint density at radius 3 is 2.37 bits per heavy atom. The Hall–Kier alpha value is -3.47. The number of carboxylic acids is 1. The third-order valence-corrected chi connectivity index (χ3v) is 4.67. The van der Waals surface area contributed by atoms with E-state index in [1.807, 2.05) is 0 Å². The predicted octanol–water partition coefficient (Wildman–Crippen LogP) is -2.08. The van der Waals surface area contributed by atoms with E-state index in [1.54, 1.807) is 24.3 Å². The fourth-order valence-electron chi connectivity index (χ4n) is 3.19. The first kappa shape index (κ1) is 22.8. The number of carbonyl (C=O) groups excluding carboxylic acids is 4. The molecule has 0 spiro atoms. The molecule has 30 heavy (non-hydrogen) atoms. The second-order valence-electron chi connectivity index (χ2n) is 6.85. The lowest BCUT2D eigenvalue weighted by Gasteiger charge is -2.39. The van der Waals surface area contributed by atoms with Crippen LogP contribution in [0.15, 0.2) is 24.3 Å². The number of nitrogens with two attached hydrogens (primary N) is 2. The van der Waals surface area contributed by atoms with E-state index in [2.05, 4.69) is 5.32 Å². The molecule has 6 N–H and O–H groups in total. The second kappa shape index (κ2) is 10.3. The monoisotopic (exact) mass is 419 g/mol. The number of hydrogen-bond donors (Lipinski definition) is 4. The molecule has 1 aliphatic heterocycles. The highest BCUT2D eigenvalue weighted by Gasteiger charge is 2.38. The molecule has 0 saturated carbocycles. The van der Waals surface area contributed by atoms with Gasteiger partial charge in [-0.3, -0.25) is 24.0 Å². The lowest BCUT2D eigenvalue weighted by molar-refractivity contribution is -0.155. The minimum absolute atomic E-state index is 0.00267. The summed E-state index contributed by atoms with van der Waals surface area (Å²) in [4.78, 5) is 61.9. The van der Waals surface area contributed by atoms with Crippen LogP contribution in [0.5, 0.6) is 0 Å². The van der Waals surface area contributed by atoms with Crippen LogP contribution in [0, 0.1) is 0 Å². The van der Waals surface area contributed by atoms with Gasteiger partial charge in [0.05, 0.1) is 13.0 Å². The van der Waals surface area contributed by atoms with Gasteiger partial charge in [-0.1, -0.05) is 12.1 Å². The maximum atomic E-state index is 12.6. The van der Waals surface area contributed by atoms with Gasteiger partial charge in [0.15, 0.2) is 0 Å². The third-order valence-electron chi connectivity index (χ3n) is 4.67. The number of piperazine rings is 1. The zero-order valence-corrected chi connectivity index (χ0v) is 16.4. The van der Waals surface area contributed by atoms with Gasteiger partial charge in [0.1, 0.15) is 12.6 Å². The first-order valence-corrected chi connectivity index (χ1v) is 9.38. The van der Waals surface area contributed by atoms with Gasteiger partial charge in [0.2, 0.25) is 17.7 Å². The van der Waals surface area contributed by atoms with Gasteiger partial charge in [-0.25, -0.2) is 0 Å². The fourth-order valence-corrected chi connectivity index (χ4v) is 3.19. The molecule has 0 aromatic heterocycles. The molecule has 0 radical (unpaired) electrons. The first-order valence-electron chi connectivity index (χ1n) is 9.38. The van der Waals surface area contributed by atoms with Crippen molar-refractivity contribution < 1.29 is 29.1 Å². The molecule has 2 rings (SSSR count). The van der Waals surface area contributed by atoms with Crippen molar-refractivity contribution in [2.45, 2.75) is 18.9 Å². The maximum absolute atomic E-state index is 12.6. The Morgan fingerprint density at radius 1 is 1.13 bits per heavy atom. The Bertz CT molecular complexity index is 825. The Kier molecular flexibility index (Phi) is 7.87. The number of nitrogens with zero attached hydrogens (tertiary/aromatic N) is 2. The molecule has 0 aliphatic carbocycles. The van der Waals surface area contributed by atoms with Gasteiger partial charge in [0.25, 0.3) is 5.91 Å². The van der Waals surface area contributed by atoms with E-state index in [4.69, 9.17) is 16.6 Å². The molecule has 162 valence electrons. The van der Waals surface area contributed by atoms with Crippen molar-refractivity contribution in [2.24, 2.45) is 11.5 Å². The van der Waals surface area contributed by atoms with Crippen molar-refractivity contribution >= 4 is 29.6 Å². The number of hydrogen-bond acceptors (Lipinski definition) is 6. The fraction of sp³-hybridized carbons (Fsp3) is 0.421. The summed E-state index contributed by atoms with van der Waals surface area (Å²) in [5.74, 6) is -3.71. The van der Waals surface area contributed by atoms with E-state index in [1.165, 1.54) is 0 Å². The van der Waals surface area contributed by atoms with Crippen molar-refractivity contribution in [3.05, 3.63) is 35.4 Å². The molecule has 0 bridgehead atoms. The maximum Gasteiger partial charge on any atom is 0.323 e. The van der Waals surface area contributed by atoms with E-state index >= 15 is 0 Å². The number of carboxylic acid groups (broad SMARTS) is 1. The first-order chi connectivity index (χ1) is 14.2. The number of carbonyl (C=O) groups is 5. The van der Waals surface area contributed by atoms with E-state index < -0.39 is 48.6 Å². The highest BCUT2D eigenvalue weighted by molar-refractivity contribution is 5.98. The van der Waals surface area contributed by atoms with Gasteiger partial charge < -0.3 is 31.7 Å². The number of aliphatic carboxylic acids is 1. The summed E-state index contributed by atoms with van der Waals surface area (Å²) in [5.41, 5.74) is 12.0. The molecule has 1 unspecified atom stereocenters. The molecule has 1 aromatic rings. The van der Waals surface area contributed by atoms with Crippen molar-refractivity contribution in [3.63, 3.8) is 0 Å². The van der Waals surface area contributed by atoms with Crippen LogP contribution in [0.3, 0.4) is 0 Å². The highest BCUT2D eigenvalue weighted by Crippen LogP contribution is 2.15. The van der Waals surface area contributed by atoms with Crippen LogP contribution in [0.2, 0.25) is 0 Å². The van der Waals surface area contributed by atoms with Crippen LogP contribution < -0.4 is 16.8 Å². The predicted molar refractivity (Wildman–Crippen MR) is 105 cm³/mol. The zero-order chi connectivity index (χ0) is 22.3. The average Bonchev–Trinajstić information content (AvgIpc) is 2.69. The summed E-state index contributed by atoms with van der Waals surface area (Å²) < 4.78 is 0. The number of benzene rings is 1. The second-order valence-corrected chi connectivity index (χ2v) is 6.85. The SMILES string of the molecule is NCCc1ccc(C(=O)NCC(=O)N2CCN(CC(=O)O)C(=O)C2CC(N)=O)cc1. The van der Waals surface area contributed by atoms with Crippen LogP contribution in [-0.4, -0.2) is 83.3 Å². The van der Waals surface area contributed by atoms with E-state index in [0.29, 0.717) is 18.5 Å². The largest absolute Gasteiger partial charge is 0.480 e. The van der Waals surface area contributed by atoms with Gasteiger partial charge in [0, 0.05) is 18.7 Å². The summed E-state index contributed by atoms with van der Waals surface area (Å²) in [7, 11) is 0. The van der Waals surface area contributed by atoms with Gasteiger partial charge >= 0.3 is 5.97 Å². The molecule has 1 fully saturated rings. The van der Waals surface area contributed by atoms with Gasteiger partial charge in [-0.15, -0.1) is 0 Å². The quantitative estimate of drug-likeness (QED) is 0.355. The third kappa shape index (κ3) is 6.01. The van der Waals surface area contributed by atoms with Crippen LogP contribution in [0.25, 0.3) is 0 Å². The van der Waals surface area contributed by atoms with Crippen LogP contribution in [0.4, 0.5) is 0 Å². The summed E-state index contributed by atoms with van der Waals surface area (Å²) in [5, 5.41) is 11.4. The van der Waals surface area contributed by atoms with Crippen LogP contribution in [-0.2, 0) is 25.6 Å². The minimum Gasteiger partial charge on any atom is -0.480 e. The van der Waals surface area contributed by atoms with E-state index in [-0.39, 0.29) is 19.6 Å². The van der Waals surface area contributed by atoms with Crippen molar-refractivity contribution in [2.75, 3.05) is 32.7 Å². The number of rotatable bonds is 9. The zero-order valence-electron chi connectivity index (χ0n) is 16.4. The smallest absolute Gasteiger partial charge is 0.323 e.